The van der Waals surface area contributed by atoms with E-state index in [4.69, 9.17) is 4.74 Å². The highest BCUT2D eigenvalue weighted by molar-refractivity contribution is 5.74. The normalized spacial score (nSPS) is 41.6. The second-order valence-corrected chi connectivity index (χ2v) is 10.8. The number of fused-ring (bicyclic) bond motifs is 7. The summed E-state index contributed by atoms with van der Waals surface area (Å²) < 4.78 is 5.64. The highest BCUT2D eigenvalue weighted by Crippen LogP contribution is 2.68. The lowest BCUT2D eigenvalue weighted by Gasteiger charge is -2.56. The third kappa shape index (κ3) is 2.86. The monoisotopic (exact) mass is 412 g/mol. The number of aromatic hydroxyl groups is 1. The van der Waals surface area contributed by atoms with Crippen LogP contribution >= 0.6 is 0 Å². The Labute approximate surface area is 180 Å². The van der Waals surface area contributed by atoms with Gasteiger partial charge in [-0.25, -0.2) is 0 Å². The van der Waals surface area contributed by atoms with Gasteiger partial charge in [0.25, 0.3) is 0 Å². The van der Waals surface area contributed by atoms with Crippen molar-refractivity contribution in [3.63, 3.8) is 0 Å². The van der Waals surface area contributed by atoms with Crippen LogP contribution < -0.4 is 0 Å². The van der Waals surface area contributed by atoms with Gasteiger partial charge in [-0.1, -0.05) is 45.6 Å². The summed E-state index contributed by atoms with van der Waals surface area (Å²) in [5, 5.41) is 21.8. The molecule has 1 saturated heterocycles. The standard InChI is InChI=1S/C26H36O4/c1-3-4-5-6-7-17-14-25(2)21(13-22-26(25,29)15-23(28)30-22)20-10-8-16-12-18(27)9-11-19(16)24(17)20/h9,11-12,17,20-22,24,27,29H,3-8,10,13-15H2,1-2H3/t17-,20-,21-,22+,24+,25-,26-/m0/s1. The number of hydrogen-bond donors (Lipinski definition) is 2. The Bertz CT molecular complexity index is 834. The Balaban J connectivity index is 1.51. The number of phenolic OH excluding ortho intramolecular Hbond substituents is 1. The first-order valence-electron chi connectivity index (χ1n) is 12.1. The molecule has 164 valence electrons. The fourth-order valence-corrected chi connectivity index (χ4v) is 7.94. The van der Waals surface area contributed by atoms with Crippen LogP contribution in [0.3, 0.4) is 0 Å². The van der Waals surface area contributed by atoms with E-state index in [9.17, 15) is 15.0 Å². The molecule has 1 heterocycles. The van der Waals surface area contributed by atoms with Crippen LogP contribution in [0.2, 0.25) is 0 Å². The molecule has 4 aliphatic rings. The molecule has 0 amide bonds. The van der Waals surface area contributed by atoms with Gasteiger partial charge in [-0.3, -0.25) is 4.79 Å². The number of unbranched alkanes of at least 4 members (excludes halogenated alkanes) is 3. The van der Waals surface area contributed by atoms with Crippen LogP contribution in [-0.4, -0.2) is 27.9 Å². The molecule has 0 spiro atoms. The molecule has 2 N–H and O–H groups in total. The Kier molecular flexibility index (Phi) is 4.92. The molecule has 1 aromatic rings. The van der Waals surface area contributed by atoms with Crippen molar-refractivity contribution in [2.24, 2.45) is 23.2 Å². The van der Waals surface area contributed by atoms with Crippen LogP contribution in [0.1, 0.15) is 88.7 Å². The van der Waals surface area contributed by atoms with Crippen LogP contribution in [0.25, 0.3) is 0 Å². The Morgan fingerprint density at radius 1 is 1.23 bits per heavy atom. The fraction of sp³-hybridized carbons (Fsp3) is 0.731. The van der Waals surface area contributed by atoms with Crippen molar-refractivity contribution in [1.82, 2.24) is 0 Å². The summed E-state index contributed by atoms with van der Waals surface area (Å²) in [7, 11) is 0. The lowest BCUT2D eigenvalue weighted by Crippen LogP contribution is -2.54. The first kappa shape index (κ1) is 20.4. The Morgan fingerprint density at radius 2 is 2.07 bits per heavy atom. The van der Waals surface area contributed by atoms with Crippen molar-refractivity contribution >= 4 is 5.97 Å². The SMILES string of the molecule is CCCCCC[C@H]1C[C@@]2(C)[C@@H](C[C@H]3OC(=O)C[C@]32O)[C@@H]2CCc3cc(O)ccc3[C@@H]12. The van der Waals surface area contributed by atoms with Gasteiger partial charge in [-0.2, -0.15) is 0 Å². The maximum atomic E-state index is 12.1. The predicted octanol–water partition coefficient (Wildman–Crippen LogP) is 5.10. The maximum absolute atomic E-state index is 12.1. The van der Waals surface area contributed by atoms with E-state index in [0.717, 1.165) is 25.7 Å². The first-order valence-corrected chi connectivity index (χ1v) is 12.1. The predicted molar refractivity (Wildman–Crippen MR) is 115 cm³/mol. The van der Waals surface area contributed by atoms with Gasteiger partial charge >= 0.3 is 5.97 Å². The van der Waals surface area contributed by atoms with Gasteiger partial charge in [0.05, 0.1) is 6.42 Å². The number of hydrogen-bond acceptors (Lipinski definition) is 4. The van der Waals surface area contributed by atoms with E-state index in [1.54, 1.807) is 0 Å². The number of carbonyl (C=O) groups is 1. The van der Waals surface area contributed by atoms with Crippen molar-refractivity contribution in [1.29, 1.82) is 0 Å². The van der Waals surface area contributed by atoms with Crippen molar-refractivity contribution < 1.29 is 19.7 Å². The third-order valence-electron chi connectivity index (χ3n) is 9.33. The number of ether oxygens (including phenoxy) is 1. The van der Waals surface area contributed by atoms with Gasteiger partial charge in [-0.15, -0.1) is 0 Å². The van der Waals surface area contributed by atoms with E-state index in [-0.39, 0.29) is 23.9 Å². The molecule has 3 aliphatic carbocycles. The zero-order valence-electron chi connectivity index (χ0n) is 18.4. The van der Waals surface area contributed by atoms with Crippen LogP contribution in [0.4, 0.5) is 0 Å². The van der Waals surface area contributed by atoms with E-state index in [0.29, 0.717) is 29.4 Å². The number of carbonyl (C=O) groups excluding carboxylic acids is 1. The quantitative estimate of drug-likeness (QED) is 0.521. The first-order chi connectivity index (χ1) is 14.4. The van der Waals surface area contributed by atoms with E-state index in [1.807, 2.05) is 12.1 Å². The highest BCUT2D eigenvalue weighted by atomic mass is 16.6. The molecule has 1 aliphatic heterocycles. The van der Waals surface area contributed by atoms with Crippen molar-refractivity contribution in [2.45, 2.75) is 95.7 Å². The lowest BCUT2D eigenvalue weighted by molar-refractivity contribution is -0.142. The van der Waals surface area contributed by atoms with E-state index in [1.165, 1.54) is 43.2 Å². The Hall–Kier alpha value is -1.55. The maximum Gasteiger partial charge on any atom is 0.309 e. The molecule has 2 saturated carbocycles. The molecule has 0 unspecified atom stereocenters. The zero-order chi connectivity index (χ0) is 21.1. The largest absolute Gasteiger partial charge is 0.508 e. The average molecular weight is 413 g/mol. The molecule has 1 aromatic carbocycles. The smallest absolute Gasteiger partial charge is 0.309 e. The minimum absolute atomic E-state index is 0.162. The lowest BCUT2D eigenvalue weighted by atomic mass is 9.49. The number of phenols is 1. The van der Waals surface area contributed by atoms with Gasteiger partial charge in [-0.05, 0) is 79.0 Å². The number of aliphatic hydroxyl groups is 1. The summed E-state index contributed by atoms with van der Waals surface area (Å²) in [4.78, 5) is 12.1. The van der Waals surface area contributed by atoms with Gasteiger partial charge in [0.1, 0.15) is 17.5 Å². The molecule has 3 fully saturated rings. The number of aryl methyl sites for hydroxylation is 1. The third-order valence-corrected chi connectivity index (χ3v) is 9.33. The summed E-state index contributed by atoms with van der Waals surface area (Å²) in [5.41, 5.74) is 1.47. The molecular formula is C26H36O4. The van der Waals surface area contributed by atoms with E-state index < -0.39 is 5.60 Å². The molecule has 30 heavy (non-hydrogen) atoms. The molecule has 4 heteroatoms. The molecule has 0 radical (unpaired) electrons. The van der Waals surface area contributed by atoms with Crippen molar-refractivity contribution in [3.05, 3.63) is 29.3 Å². The van der Waals surface area contributed by atoms with Crippen molar-refractivity contribution in [2.75, 3.05) is 0 Å². The minimum Gasteiger partial charge on any atom is -0.508 e. The summed E-state index contributed by atoms with van der Waals surface area (Å²) >= 11 is 0. The van der Waals surface area contributed by atoms with Crippen LogP contribution in [0.15, 0.2) is 18.2 Å². The van der Waals surface area contributed by atoms with Gasteiger partial charge in [0.2, 0.25) is 0 Å². The van der Waals surface area contributed by atoms with Crippen molar-refractivity contribution in [3.8, 4) is 5.75 Å². The van der Waals surface area contributed by atoms with E-state index in [2.05, 4.69) is 19.9 Å². The van der Waals surface area contributed by atoms with Gasteiger partial charge < -0.3 is 14.9 Å². The molecule has 5 rings (SSSR count). The molecule has 0 bridgehead atoms. The van der Waals surface area contributed by atoms with Crippen LogP contribution in [-0.2, 0) is 16.0 Å². The number of esters is 1. The summed E-state index contributed by atoms with van der Waals surface area (Å²) in [5.74, 6) is 2.05. The molecular weight excluding hydrogens is 376 g/mol. The summed E-state index contributed by atoms with van der Waals surface area (Å²) in [6.07, 6.45) is 9.88. The van der Waals surface area contributed by atoms with Gasteiger partial charge in [0.15, 0.2) is 0 Å². The summed E-state index contributed by atoms with van der Waals surface area (Å²) in [6, 6.07) is 5.97. The summed E-state index contributed by atoms with van der Waals surface area (Å²) in [6.45, 7) is 4.50. The average Bonchev–Trinajstić information content (AvgIpc) is 3.11. The minimum atomic E-state index is -1.00. The van der Waals surface area contributed by atoms with Crippen LogP contribution in [0.5, 0.6) is 5.75 Å². The molecule has 0 aromatic heterocycles. The second kappa shape index (κ2) is 7.25. The number of rotatable bonds is 5. The number of benzene rings is 1. The molecule has 7 atom stereocenters. The van der Waals surface area contributed by atoms with Crippen LogP contribution in [0, 0.1) is 23.2 Å². The second-order valence-electron chi connectivity index (χ2n) is 10.8. The topological polar surface area (TPSA) is 66.8 Å². The van der Waals surface area contributed by atoms with E-state index >= 15 is 0 Å². The highest BCUT2D eigenvalue weighted by Gasteiger charge is 2.71. The van der Waals surface area contributed by atoms with Gasteiger partial charge in [0, 0.05) is 5.41 Å². The Morgan fingerprint density at radius 3 is 2.87 bits per heavy atom. The molecule has 4 nitrogen and oxygen atoms in total. The fourth-order valence-electron chi connectivity index (χ4n) is 7.94. The zero-order valence-corrected chi connectivity index (χ0v) is 18.4.